The van der Waals surface area contributed by atoms with Gasteiger partial charge in [-0.3, -0.25) is 23.9 Å². The predicted molar refractivity (Wildman–Crippen MR) is 173 cm³/mol. The molecule has 0 spiro atoms. The number of carbonyl (C=O) groups is 4. The van der Waals surface area contributed by atoms with Crippen LogP contribution in [0.2, 0.25) is 0 Å². The highest BCUT2D eigenvalue weighted by molar-refractivity contribution is 7.07. The summed E-state index contributed by atoms with van der Waals surface area (Å²) >= 11 is 0.883. The third kappa shape index (κ3) is 8.08. The summed E-state index contributed by atoms with van der Waals surface area (Å²) in [6.07, 6.45) is 6.18. The number of ether oxygens (including phenoxy) is 1. The van der Waals surface area contributed by atoms with Gasteiger partial charge in [0.05, 0.1) is 25.1 Å². The molecular formula is C32H39FN8O5S. The van der Waals surface area contributed by atoms with Gasteiger partial charge in [-0.15, -0.1) is 5.10 Å². The van der Waals surface area contributed by atoms with E-state index in [-0.39, 0.29) is 22.2 Å². The van der Waals surface area contributed by atoms with Crippen LogP contribution in [0.3, 0.4) is 0 Å². The number of nitrogens with zero attached hydrogens (tertiary/aromatic N) is 5. The quantitative estimate of drug-likeness (QED) is 0.277. The van der Waals surface area contributed by atoms with E-state index in [0.29, 0.717) is 55.6 Å². The van der Waals surface area contributed by atoms with Crippen LogP contribution in [0.25, 0.3) is 5.57 Å². The lowest BCUT2D eigenvalue weighted by Crippen LogP contribution is -2.49. The summed E-state index contributed by atoms with van der Waals surface area (Å²) in [6.45, 7) is 7.53. The first-order valence-electron chi connectivity index (χ1n) is 15.8. The Hall–Kier alpha value is -4.50. The topological polar surface area (TPSA) is 160 Å². The molecule has 2 aliphatic rings. The van der Waals surface area contributed by atoms with Crippen molar-refractivity contribution in [1.29, 1.82) is 0 Å². The molecule has 250 valence electrons. The zero-order valence-corrected chi connectivity index (χ0v) is 27.4. The lowest BCUT2D eigenvalue weighted by atomic mass is 9.79. The number of aryl methyl sites for hydroxylation is 1. The maximum absolute atomic E-state index is 15.7. The minimum absolute atomic E-state index is 0.0119. The van der Waals surface area contributed by atoms with Crippen LogP contribution in [0.1, 0.15) is 72.2 Å². The Kier molecular flexibility index (Phi) is 11.1. The normalized spacial score (nSPS) is 19.4. The van der Waals surface area contributed by atoms with Crippen molar-refractivity contribution in [1.82, 2.24) is 34.9 Å². The number of nitrogens with one attached hydrogen (secondary N) is 3. The van der Waals surface area contributed by atoms with E-state index in [1.54, 1.807) is 28.6 Å². The fourth-order valence-corrected chi connectivity index (χ4v) is 6.30. The summed E-state index contributed by atoms with van der Waals surface area (Å²) in [7, 11) is 0. The van der Waals surface area contributed by atoms with Gasteiger partial charge in [0.15, 0.2) is 0 Å². The lowest BCUT2D eigenvalue weighted by molar-refractivity contribution is -0.131. The number of halogens is 1. The smallest absolute Gasteiger partial charge is 0.270 e. The minimum atomic E-state index is -0.884. The first kappa shape index (κ1) is 33.9. The number of morpholine rings is 1. The molecule has 3 N–H and O–H groups in total. The molecule has 0 radical (unpaired) electrons. The number of hydrogen-bond donors (Lipinski definition) is 3. The second-order valence-electron chi connectivity index (χ2n) is 11.8. The SMILES string of the molecule is CCn1nccc1C(=O)N[C@H](C(=O)Nc1ccc(/C(C)=C(/NC(=O)c2cnns2)C(=O)N2CCOCC2)cc1F)C1CCC(C)CC1. The fraction of sp³-hybridized carbons (Fsp3) is 0.469. The number of hydrogen-bond acceptors (Lipinski definition) is 9. The molecule has 4 amide bonds. The highest BCUT2D eigenvalue weighted by Gasteiger charge is 2.34. The summed E-state index contributed by atoms with van der Waals surface area (Å²) in [5, 5.41) is 16.1. The highest BCUT2D eigenvalue weighted by atomic mass is 32.1. The molecule has 3 aromatic rings. The number of rotatable bonds is 10. The maximum Gasteiger partial charge on any atom is 0.270 e. The third-order valence-electron chi connectivity index (χ3n) is 8.72. The molecular weight excluding hydrogens is 627 g/mol. The van der Waals surface area contributed by atoms with E-state index < -0.39 is 35.5 Å². The molecule has 0 unspecified atom stereocenters. The van der Waals surface area contributed by atoms with E-state index in [4.69, 9.17) is 4.74 Å². The largest absolute Gasteiger partial charge is 0.378 e. The first-order chi connectivity index (χ1) is 22.7. The fourth-order valence-electron chi connectivity index (χ4n) is 5.89. The van der Waals surface area contributed by atoms with Crippen molar-refractivity contribution in [3.8, 4) is 0 Å². The van der Waals surface area contributed by atoms with Gasteiger partial charge in [0.1, 0.15) is 28.1 Å². The summed E-state index contributed by atoms with van der Waals surface area (Å²) in [6, 6.07) is 4.89. The number of benzene rings is 1. The Bertz CT molecular complexity index is 1630. The van der Waals surface area contributed by atoms with Gasteiger partial charge in [-0.05, 0) is 79.4 Å². The Labute approximate surface area is 276 Å². The van der Waals surface area contributed by atoms with Crippen LogP contribution in [-0.2, 0) is 20.9 Å². The average molecular weight is 667 g/mol. The van der Waals surface area contributed by atoms with E-state index >= 15 is 4.39 Å². The van der Waals surface area contributed by atoms with Crippen molar-refractivity contribution < 1.29 is 28.3 Å². The van der Waals surface area contributed by atoms with Gasteiger partial charge < -0.3 is 25.6 Å². The van der Waals surface area contributed by atoms with Crippen molar-refractivity contribution in [2.45, 2.75) is 59.0 Å². The molecule has 3 heterocycles. The zero-order chi connectivity index (χ0) is 33.5. The van der Waals surface area contributed by atoms with Gasteiger partial charge in [0, 0.05) is 25.8 Å². The van der Waals surface area contributed by atoms with Crippen LogP contribution in [0.15, 0.2) is 42.4 Å². The van der Waals surface area contributed by atoms with Crippen molar-refractivity contribution in [2.75, 3.05) is 31.6 Å². The number of amides is 4. The van der Waals surface area contributed by atoms with Crippen molar-refractivity contribution in [2.24, 2.45) is 11.8 Å². The Morgan fingerprint density at radius 3 is 2.49 bits per heavy atom. The number of anilines is 1. The van der Waals surface area contributed by atoms with Gasteiger partial charge in [-0.2, -0.15) is 5.10 Å². The molecule has 2 fully saturated rings. The van der Waals surface area contributed by atoms with Crippen molar-refractivity contribution in [3.05, 3.63) is 64.3 Å². The van der Waals surface area contributed by atoms with Crippen LogP contribution in [0.4, 0.5) is 10.1 Å². The second-order valence-corrected chi connectivity index (χ2v) is 12.6. The van der Waals surface area contributed by atoms with Gasteiger partial charge in [0.25, 0.3) is 17.7 Å². The van der Waals surface area contributed by atoms with Gasteiger partial charge in [0.2, 0.25) is 5.91 Å². The molecule has 47 heavy (non-hydrogen) atoms. The van der Waals surface area contributed by atoms with Gasteiger partial charge >= 0.3 is 0 Å². The lowest BCUT2D eigenvalue weighted by Gasteiger charge is -2.32. The summed E-state index contributed by atoms with van der Waals surface area (Å²) in [4.78, 5) is 55.2. The zero-order valence-electron chi connectivity index (χ0n) is 26.6. The first-order valence-corrected chi connectivity index (χ1v) is 16.5. The summed E-state index contributed by atoms with van der Waals surface area (Å²) < 4.78 is 26.3. The molecule has 1 aromatic carbocycles. The molecule has 5 rings (SSSR count). The average Bonchev–Trinajstić information content (AvgIpc) is 3.80. The van der Waals surface area contributed by atoms with Crippen molar-refractivity contribution >= 4 is 46.4 Å². The van der Waals surface area contributed by atoms with Crippen LogP contribution in [-0.4, -0.2) is 80.2 Å². The standard InChI is InChI=1S/C32H39FN8O5S/c1-4-41-25(11-12-35-41)29(42)38-28(21-7-5-19(2)6-8-21)31(44)36-24-10-9-22(17-23(24)33)20(3)27(32(45)40-13-15-46-16-14-40)37-30(43)26-18-34-39-47-26/h9-12,17-19,21,28H,4-8,13-16H2,1-3H3,(H,36,44)(H,37,43)(H,38,42)/b27-20+/t19?,21?,28-/m0/s1. The van der Waals surface area contributed by atoms with E-state index in [0.717, 1.165) is 37.2 Å². The Balaban J connectivity index is 1.38. The van der Waals surface area contributed by atoms with Crippen LogP contribution >= 0.6 is 11.5 Å². The van der Waals surface area contributed by atoms with Crippen LogP contribution in [0, 0.1) is 17.7 Å². The molecule has 1 aliphatic carbocycles. The molecule has 1 atom stereocenters. The molecule has 13 nitrogen and oxygen atoms in total. The maximum atomic E-state index is 15.7. The molecule has 0 bridgehead atoms. The highest BCUT2D eigenvalue weighted by Crippen LogP contribution is 2.32. The van der Waals surface area contributed by atoms with E-state index in [2.05, 4.69) is 37.6 Å². The monoisotopic (exact) mass is 666 g/mol. The van der Waals surface area contributed by atoms with Gasteiger partial charge in [-0.1, -0.05) is 30.3 Å². The van der Waals surface area contributed by atoms with Gasteiger partial charge in [-0.25, -0.2) is 4.39 Å². The molecule has 1 saturated heterocycles. The summed E-state index contributed by atoms with van der Waals surface area (Å²) in [5.74, 6) is -2.27. The number of carbonyl (C=O) groups excluding carboxylic acids is 4. The third-order valence-corrected chi connectivity index (χ3v) is 9.38. The number of aromatic nitrogens is 4. The molecule has 1 saturated carbocycles. The van der Waals surface area contributed by atoms with Crippen molar-refractivity contribution in [3.63, 3.8) is 0 Å². The van der Waals surface area contributed by atoms with E-state index in [1.807, 2.05) is 6.92 Å². The predicted octanol–water partition coefficient (Wildman–Crippen LogP) is 3.48. The Morgan fingerprint density at radius 2 is 1.83 bits per heavy atom. The van der Waals surface area contributed by atoms with E-state index in [1.165, 1.54) is 24.5 Å². The molecule has 1 aliphatic heterocycles. The van der Waals surface area contributed by atoms with E-state index in [9.17, 15) is 19.2 Å². The van der Waals surface area contributed by atoms with Crippen LogP contribution < -0.4 is 16.0 Å². The molecule has 2 aromatic heterocycles. The van der Waals surface area contributed by atoms with Crippen LogP contribution in [0.5, 0.6) is 0 Å². The Morgan fingerprint density at radius 1 is 1.09 bits per heavy atom. The number of allylic oxidation sites excluding steroid dienone is 1. The molecule has 15 heteroatoms. The summed E-state index contributed by atoms with van der Waals surface area (Å²) in [5.41, 5.74) is 0.918. The second kappa shape index (κ2) is 15.4. The minimum Gasteiger partial charge on any atom is -0.378 e.